The summed E-state index contributed by atoms with van der Waals surface area (Å²) in [6.07, 6.45) is 1.55. The van der Waals surface area contributed by atoms with Crippen molar-refractivity contribution in [2.75, 3.05) is 11.2 Å². The molecule has 0 bridgehead atoms. The van der Waals surface area contributed by atoms with Gasteiger partial charge in [-0.2, -0.15) is 0 Å². The fourth-order valence-corrected chi connectivity index (χ4v) is 2.41. The third-order valence-corrected chi connectivity index (χ3v) is 3.91. The molecule has 1 aromatic carbocycles. The zero-order valence-corrected chi connectivity index (χ0v) is 12.6. The maximum Gasteiger partial charge on any atom is 0.145 e. The summed E-state index contributed by atoms with van der Waals surface area (Å²) in [7, 11) is 0. The number of nitrogens with zero attached hydrogens (tertiary/aromatic N) is 1. The minimum atomic E-state index is -0.451. The number of anilines is 1. The molecule has 19 heavy (non-hydrogen) atoms. The Morgan fingerprint density at radius 1 is 1.21 bits per heavy atom. The minimum Gasteiger partial charge on any atom is -0.358 e. The number of nitrogens with one attached hydrogen (secondary N) is 1. The molecule has 1 N–H and O–H groups in total. The van der Waals surface area contributed by atoms with Crippen LogP contribution in [0.5, 0.6) is 0 Å². The highest BCUT2D eigenvalue weighted by molar-refractivity contribution is 6.36. The van der Waals surface area contributed by atoms with Crippen LogP contribution >= 0.6 is 34.8 Å². The molecule has 1 unspecified atom stereocenters. The van der Waals surface area contributed by atoms with Gasteiger partial charge in [0.05, 0.1) is 15.6 Å². The maximum atomic E-state index is 6.13. The van der Waals surface area contributed by atoms with Gasteiger partial charge in [0, 0.05) is 12.1 Å². The second kappa shape index (κ2) is 6.00. The summed E-state index contributed by atoms with van der Waals surface area (Å²) in [5, 5.41) is 4.26. The normalized spacial score (nSPS) is 13.9. The van der Waals surface area contributed by atoms with Crippen LogP contribution in [0.4, 0.5) is 5.82 Å². The minimum absolute atomic E-state index is 0.387. The Hall–Kier alpha value is -0.960. The van der Waals surface area contributed by atoms with Crippen molar-refractivity contribution in [2.24, 2.45) is 0 Å². The number of hydrogen-bond donors (Lipinski definition) is 1. The van der Waals surface area contributed by atoms with E-state index < -0.39 is 5.54 Å². The average Bonchev–Trinajstić information content (AvgIpc) is 2.43. The summed E-state index contributed by atoms with van der Waals surface area (Å²) in [4.78, 5) is 4.20. The molecule has 1 atom stereocenters. The van der Waals surface area contributed by atoms with Gasteiger partial charge in [0.1, 0.15) is 5.82 Å². The lowest BCUT2D eigenvalue weighted by Gasteiger charge is -2.30. The van der Waals surface area contributed by atoms with Gasteiger partial charge in [-0.05, 0) is 18.6 Å². The van der Waals surface area contributed by atoms with Crippen LogP contribution in [0.25, 0.3) is 0 Å². The van der Waals surface area contributed by atoms with Crippen molar-refractivity contribution in [1.29, 1.82) is 0 Å². The van der Waals surface area contributed by atoms with E-state index in [1.54, 1.807) is 12.3 Å². The van der Waals surface area contributed by atoms with Gasteiger partial charge < -0.3 is 5.32 Å². The first-order valence-electron chi connectivity index (χ1n) is 5.76. The van der Waals surface area contributed by atoms with Crippen LogP contribution < -0.4 is 5.32 Å². The highest BCUT2D eigenvalue weighted by Crippen LogP contribution is 2.31. The summed E-state index contributed by atoms with van der Waals surface area (Å²) in [5.74, 6) is 0.954. The van der Waals surface area contributed by atoms with Gasteiger partial charge in [0.15, 0.2) is 0 Å². The molecule has 0 spiro atoms. The maximum absolute atomic E-state index is 6.13. The van der Waals surface area contributed by atoms with E-state index in [0.717, 1.165) is 5.56 Å². The molecule has 100 valence electrons. The van der Waals surface area contributed by atoms with Crippen molar-refractivity contribution in [1.82, 2.24) is 4.98 Å². The SMILES string of the molecule is CC(CCl)(Nc1ncc(Cl)cc1Cl)c1ccccc1. The van der Waals surface area contributed by atoms with E-state index in [4.69, 9.17) is 34.8 Å². The van der Waals surface area contributed by atoms with Gasteiger partial charge in [-0.1, -0.05) is 53.5 Å². The van der Waals surface area contributed by atoms with Crippen molar-refractivity contribution in [2.45, 2.75) is 12.5 Å². The Kier molecular flexibility index (Phi) is 4.56. The lowest BCUT2D eigenvalue weighted by Crippen LogP contribution is -2.34. The Bertz CT molecular complexity index is 560. The highest BCUT2D eigenvalue weighted by Gasteiger charge is 2.26. The second-order valence-corrected chi connectivity index (χ2v) is 5.55. The predicted molar refractivity (Wildman–Crippen MR) is 82.4 cm³/mol. The average molecular weight is 316 g/mol. The lowest BCUT2D eigenvalue weighted by molar-refractivity contribution is 0.614. The quantitative estimate of drug-likeness (QED) is 0.807. The number of alkyl halides is 1. The molecule has 1 heterocycles. The third-order valence-electron chi connectivity index (χ3n) is 2.88. The molecule has 2 nitrogen and oxygen atoms in total. The van der Waals surface area contributed by atoms with E-state index in [0.29, 0.717) is 21.7 Å². The van der Waals surface area contributed by atoms with Gasteiger partial charge in [-0.3, -0.25) is 0 Å². The number of aromatic nitrogens is 1. The van der Waals surface area contributed by atoms with Crippen molar-refractivity contribution in [3.8, 4) is 0 Å². The Balaban J connectivity index is 2.33. The van der Waals surface area contributed by atoms with Gasteiger partial charge in [0.2, 0.25) is 0 Å². The molecule has 0 aliphatic heterocycles. The van der Waals surface area contributed by atoms with Crippen molar-refractivity contribution < 1.29 is 0 Å². The number of halogens is 3. The number of rotatable bonds is 4. The largest absolute Gasteiger partial charge is 0.358 e. The number of benzene rings is 1. The molecule has 0 saturated heterocycles. The molecule has 0 aliphatic carbocycles. The van der Waals surface area contributed by atoms with E-state index in [1.807, 2.05) is 37.3 Å². The Morgan fingerprint density at radius 3 is 2.47 bits per heavy atom. The molecule has 1 aromatic heterocycles. The van der Waals surface area contributed by atoms with E-state index in [9.17, 15) is 0 Å². The van der Waals surface area contributed by atoms with Gasteiger partial charge in [-0.15, -0.1) is 11.6 Å². The fraction of sp³-hybridized carbons (Fsp3) is 0.214. The summed E-state index contributed by atoms with van der Waals surface area (Å²) in [6, 6.07) is 11.6. The zero-order valence-electron chi connectivity index (χ0n) is 10.3. The molecule has 0 fully saturated rings. The van der Waals surface area contributed by atoms with Crippen LogP contribution in [0, 0.1) is 0 Å². The van der Waals surface area contributed by atoms with Crippen LogP contribution in [0.2, 0.25) is 10.0 Å². The second-order valence-electron chi connectivity index (χ2n) is 4.44. The van der Waals surface area contributed by atoms with Crippen molar-refractivity contribution in [3.63, 3.8) is 0 Å². The summed E-state index contributed by atoms with van der Waals surface area (Å²) < 4.78 is 0. The van der Waals surface area contributed by atoms with Crippen LogP contribution in [0.1, 0.15) is 12.5 Å². The first-order chi connectivity index (χ1) is 9.05. The van der Waals surface area contributed by atoms with Crippen molar-refractivity contribution >= 4 is 40.6 Å². The summed E-state index contributed by atoms with van der Waals surface area (Å²) in [5.41, 5.74) is 0.616. The predicted octanol–water partition coefficient (Wildman–Crippen LogP) is 4.95. The molecule has 0 aliphatic rings. The van der Waals surface area contributed by atoms with Crippen molar-refractivity contribution in [3.05, 3.63) is 58.2 Å². The topological polar surface area (TPSA) is 24.9 Å². The number of hydrogen-bond acceptors (Lipinski definition) is 2. The van der Waals surface area contributed by atoms with E-state index in [-0.39, 0.29) is 0 Å². The van der Waals surface area contributed by atoms with Gasteiger partial charge >= 0.3 is 0 Å². The fourth-order valence-electron chi connectivity index (χ4n) is 1.76. The highest BCUT2D eigenvalue weighted by atomic mass is 35.5. The molecule has 5 heteroatoms. The monoisotopic (exact) mass is 314 g/mol. The molecule has 0 radical (unpaired) electrons. The van der Waals surface area contributed by atoms with Gasteiger partial charge in [-0.25, -0.2) is 4.98 Å². The Labute approximate surface area is 127 Å². The summed E-state index contributed by atoms with van der Waals surface area (Å²) in [6.45, 7) is 2.00. The molecule has 2 rings (SSSR count). The Morgan fingerprint density at radius 2 is 1.89 bits per heavy atom. The van der Waals surface area contributed by atoms with E-state index in [1.165, 1.54) is 0 Å². The first-order valence-corrected chi connectivity index (χ1v) is 7.05. The molecule has 2 aromatic rings. The van der Waals surface area contributed by atoms with E-state index >= 15 is 0 Å². The van der Waals surface area contributed by atoms with Gasteiger partial charge in [0.25, 0.3) is 0 Å². The molecule has 0 saturated carbocycles. The van der Waals surface area contributed by atoms with E-state index in [2.05, 4.69) is 10.3 Å². The van der Waals surface area contributed by atoms with Crippen LogP contribution in [-0.2, 0) is 5.54 Å². The molecule has 0 amide bonds. The number of pyridine rings is 1. The molecular weight excluding hydrogens is 303 g/mol. The summed E-state index contributed by atoms with van der Waals surface area (Å²) >= 11 is 18.1. The third kappa shape index (κ3) is 3.33. The first kappa shape index (κ1) is 14.4. The zero-order chi connectivity index (χ0) is 13.9. The van der Waals surface area contributed by atoms with Crippen LogP contribution in [0.15, 0.2) is 42.6 Å². The standard InChI is InChI=1S/C14H13Cl3N2/c1-14(9-15,10-5-3-2-4-6-10)19-13-12(17)7-11(16)8-18-13/h2-8H,9H2,1H3,(H,18,19). The molecular formula is C14H13Cl3N2. The van der Waals surface area contributed by atoms with Crippen LogP contribution in [-0.4, -0.2) is 10.9 Å². The smallest absolute Gasteiger partial charge is 0.145 e. The lowest BCUT2D eigenvalue weighted by atomic mass is 9.94. The van der Waals surface area contributed by atoms with Crippen LogP contribution in [0.3, 0.4) is 0 Å².